The Kier molecular flexibility index (Phi) is 6.48. The molecule has 1 atom stereocenters. The predicted molar refractivity (Wildman–Crippen MR) is 113 cm³/mol. The second-order valence-electron chi connectivity index (χ2n) is 7.97. The molecule has 0 bridgehead atoms. The molecule has 2 aromatic carbocycles. The van der Waals surface area contributed by atoms with Crippen LogP contribution in [0.3, 0.4) is 0 Å². The zero-order valence-electron chi connectivity index (χ0n) is 17.5. The van der Waals surface area contributed by atoms with E-state index in [4.69, 9.17) is 0 Å². The molecule has 3 rings (SSSR count). The first-order chi connectivity index (χ1) is 14.6. The summed E-state index contributed by atoms with van der Waals surface area (Å²) in [6.45, 7) is 5.50. The number of nitrogens with zero attached hydrogens (tertiary/aromatic N) is 2. The van der Waals surface area contributed by atoms with E-state index < -0.39 is 29.9 Å². The summed E-state index contributed by atoms with van der Waals surface area (Å²) in [5, 5.41) is 2.75. The summed E-state index contributed by atoms with van der Waals surface area (Å²) >= 11 is 0. The molecule has 0 saturated carbocycles. The summed E-state index contributed by atoms with van der Waals surface area (Å²) in [7, 11) is 0. The molecule has 0 aliphatic carbocycles. The number of para-hydroxylation sites is 2. The number of nitrogens with one attached hydrogen (secondary N) is 1. The van der Waals surface area contributed by atoms with Crippen molar-refractivity contribution < 1.29 is 18.0 Å². The first-order valence-corrected chi connectivity index (χ1v) is 10.0. The lowest BCUT2D eigenvalue weighted by molar-refractivity contribution is -0.142. The highest BCUT2D eigenvalue weighted by Gasteiger charge is 2.37. The largest absolute Gasteiger partial charge is 0.438 e. The van der Waals surface area contributed by atoms with Crippen LogP contribution in [0.4, 0.5) is 13.2 Å². The molecule has 0 aliphatic rings. The Balaban J connectivity index is 1.83. The van der Waals surface area contributed by atoms with Gasteiger partial charge in [0, 0.05) is 0 Å². The summed E-state index contributed by atoms with van der Waals surface area (Å²) < 4.78 is 40.6. The number of hydrogen-bond acceptors (Lipinski definition) is 3. The predicted octanol–water partition coefficient (Wildman–Crippen LogP) is 4.49. The molecule has 164 valence electrons. The van der Waals surface area contributed by atoms with Crippen molar-refractivity contribution in [2.45, 2.75) is 46.0 Å². The fraction of sp³-hybridized carbons (Fsp3) is 0.348. The molecule has 1 aromatic heterocycles. The third-order valence-corrected chi connectivity index (χ3v) is 4.92. The van der Waals surface area contributed by atoms with Gasteiger partial charge in [0.1, 0.15) is 6.54 Å². The number of halogens is 3. The van der Waals surface area contributed by atoms with Crippen molar-refractivity contribution in [3.63, 3.8) is 0 Å². The Morgan fingerprint density at radius 2 is 1.71 bits per heavy atom. The molecule has 0 radical (unpaired) electrons. The first kappa shape index (κ1) is 22.5. The number of carbonyl (C=O) groups excluding carboxylic acids is 1. The topological polar surface area (TPSA) is 64.0 Å². The number of aromatic nitrogens is 2. The summed E-state index contributed by atoms with van der Waals surface area (Å²) in [5.74, 6) is -0.0385. The minimum atomic E-state index is -4.91. The van der Waals surface area contributed by atoms with Crippen molar-refractivity contribution in [3.8, 4) is 0 Å². The molecule has 31 heavy (non-hydrogen) atoms. The molecular weight excluding hydrogens is 407 g/mol. The highest BCUT2D eigenvalue weighted by atomic mass is 19.4. The maximum absolute atomic E-state index is 13.3. The van der Waals surface area contributed by atoms with E-state index in [0.717, 1.165) is 16.6 Å². The van der Waals surface area contributed by atoms with Crippen LogP contribution in [0.5, 0.6) is 0 Å². The normalized spacial score (nSPS) is 12.9. The van der Waals surface area contributed by atoms with Gasteiger partial charge in [-0.2, -0.15) is 13.2 Å². The zero-order valence-corrected chi connectivity index (χ0v) is 17.5. The van der Waals surface area contributed by atoms with E-state index in [1.54, 1.807) is 13.0 Å². The quantitative estimate of drug-likeness (QED) is 0.626. The van der Waals surface area contributed by atoms with Crippen LogP contribution in [0.25, 0.3) is 11.0 Å². The van der Waals surface area contributed by atoms with Crippen LogP contribution in [0.2, 0.25) is 0 Å². The number of carbonyl (C=O) groups is 1. The highest BCUT2D eigenvalue weighted by Crippen LogP contribution is 2.26. The molecule has 8 heteroatoms. The molecular formula is C23H24F3N3O2. The van der Waals surface area contributed by atoms with Gasteiger partial charge in [0.25, 0.3) is 5.56 Å². The van der Waals surface area contributed by atoms with E-state index >= 15 is 0 Å². The van der Waals surface area contributed by atoms with E-state index in [2.05, 4.69) is 24.1 Å². The number of rotatable bonds is 6. The summed E-state index contributed by atoms with van der Waals surface area (Å²) in [6, 6.07) is 13.4. The van der Waals surface area contributed by atoms with Crippen LogP contribution in [0, 0.1) is 5.92 Å². The second kappa shape index (κ2) is 8.91. The van der Waals surface area contributed by atoms with Gasteiger partial charge in [0.05, 0.1) is 17.1 Å². The van der Waals surface area contributed by atoms with Crippen molar-refractivity contribution in [2.24, 2.45) is 5.92 Å². The van der Waals surface area contributed by atoms with Gasteiger partial charge in [-0.05, 0) is 42.5 Å². The van der Waals surface area contributed by atoms with E-state index in [1.165, 1.54) is 23.8 Å². The van der Waals surface area contributed by atoms with Gasteiger partial charge < -0.3 is 5.32 Å². The molecule has 0 saturated heterocycles. The van der Waals surface area contributed by atoms with Crippen LogP contribution in [-0.4, -0.2) is 15.5 Å². The van der Waals surface area contributed by atoms with Gasteiger partial charge in [-0.3, -0.25) is 14.2 Å². The van der Waals surface area contributed by atoms with Gasteiger partial charge in [0.15, 0.2) is 0 Å². The number of amides is 1. The molecule has 0 aliphatic heterocycles. The van der Waals surface area contributed by atoms with Gasteiger partial charge in [-0.15, -0.1) is 0 Å². The Hall–Kier alpha value is -3.16. The van der Waals surface area contributed by atoms with E-state index in [1.807, 2.05) is 24.3 Å². The molecule has 1 amide bonds. The van der Waals surface area contributed by atoms with Gasteiger partial charge in [0.2, 0.25) is 11.6 Å². The lowest BCUT2D eigenvalue weighted by atomic mass is 10.00. The zero-order chi connectivity index (χ0) is 22.8. The van der Waals surface area contributed by atoms with Crippen LogP contribution >= 0.6 is 0 Å². The average molecular weight is 431 g/mol. The maximum atomic E-state index is 13.3. The molecule has 1 heterocycles. The summed E-state index contributed by atoms with van der Waals surface area (Å²) in [6.07, 6.45) is -3.97. The Labute approximate surface area is 177 Å². The lowest BCUT2D eigenvalue weighted by Crippen LogP contribution is -2.37. The van der Waals surface area contributed by atoms with Crippen LogP contribution in [0.15, 0.2) is 53.3 Å². The molecule has 1 N–H and O–H groups in total. The molecule has 5 nitrogen and oxygen atoms in total. The Bertz CT molecular complexity index is 1140. The van der Waals surface area contributed by atoms with Crippen molar-refractivity contribution in [3.05, 3.63) is 75.7 Å². The summed E-state index contributed by atoms with van der Waals surface area (Å²) in [4.78, 5) is 28.5. The Morgan fingerprint density at radius 3 is 2.32 bits per heavy atom. The fourth-order valence-electron chi connectivity index (χ4n) is 3.46. The highest BCUT2D eigenvalue weighted by molar-refractivity contribution is 5.80. The number of hydrogen-bond donors (Lipinski definition) is 1. The summed E-state index contributed by atoms with van der Waals surface area (Å²) in [5.41, 5.74) is -0.660. The van der Waals surface area contributed by atoms with E-state index in [-0.39, 0.29) is 17.1 Å². The van der Waals surface area contributed by atoms with E-state index in [9.17, 15) is 22.8 Å². The molecule has 0 spiro atoms. The average Bonchev–Trinajstić information content (AvgIpc) is 2.69. The van der Waals surface area contributed by atoms with Crippen molar-refractivity contribution >= 4 is 16.9 Å². The maximum Gasteiger partial charge on any atom is 0.438 e. The minimum absolute atomic E-state index is 0.00369. The van der Waals surface area contributed by atoms with Gasteiger partial charge >= 0.3 is 6.18 Å². The lowest BCUT2D eigenvalue weighted by Gasteiger charge is -2.17. The first-order valence-electron chi connectivity index (χ1n) is 10.0. The molecule has 0 fully saturated rings. The van der Waals surface area contributed by atoms with Crippen LogP contribution in [-0.2, 0) is 23.9 Å². The molecule has 3 aromatic rings. The number of alkyl halides is 3. The molecule has 0 unspecified atom stereocenters. The number of benzene rings is 2. The van der Waals surface area contributed by atoms with Crippen molar-refractivity contribution in [1.29, 1.82) is 0 Å². The van der Waals surface area contributed by atoms with Crippen molar-refractivity contribution in [1.82, 2.24) is 14.9 Å². The van der Waals surface area contributed by atoms with Crippen LogP contribution in [0.1, 0.15) is 43.6 Å². The second-order valence-corrected chi connectivity index (χ2v) is 7.97. The van der Waals surface area contributed by atoms with Gasteiger partial charge in [-0.1, -0.05) is 50.2 Å². The van der Waals surface area contributed by atoms with Gasteiger partial charge in [-0.25, -0.2) is 4.98 Å². The number of fused-ring (bicyclic) bond motifs is 1. The fourth-order valence-corrected chi connectivity index (χ4v) is 3.46. The van der Waals surface area contributed by atoms with Crippen LogP contribution < -0.4 is 10.9 Å². The standard InChI is InChI=1S/C23H24F3N3O2/c1-14(2)12-16-8-10-17(11-9-16)15(3)27-20(30)13-29-19-7-5-4-6-18(19)28-21(22(29)31)23(24,25)26/h4-11,14-15H,12-13H2,1-3H3,(H,27,30)/t15-/m1/s1. The van der Waals surface area contributed by atoms with E-state index in [0.29, 0.717) is 5.92 Å². The monoisotopic (exact) mass is 431 g/mol. The third-order valence-electron chi connectivity index (χ3n) is 4.92. The SMILES string of the molecule is CC(C)Cc1ccc([C@@H](C)NC(=O)Cn2c(=O)c(C(F)(F)F)nc3ccccc32)cc1. The third kappa shape index (κ3) is 5.31. The van der Waals surface area contributed by atoms with Crippen molar-refractivity contribution in [2.75, 3.05) is 0 Å². The smallest absolute Gasteiger partial charge is 0.348 e. The Morgan fingerprint density at radius 1 is 1.06 bits per heavy atom. The minimum Gasteiger partial charge on any atom is -0.348 e.